The van der Waals surface area contributed by atoms with Gasteiger partial charge in [0.15, 0.2) is 0 Å². The summed E-state index contributed by atoms with van der Waals surface area (Å²) in [6.45, 7) is 0. The molecular formula is C11H10N4O3S. The Morgan fingerprint density at radius 1 is 1.53 bits per heavy atom. The molecule has 0 saturated carbocycles. The zero-order chi connectivity index (χ0) is 13.8. The van der Waals surface area contributed by atoms with Crippen molar-refractivity contribution >= 4 is 34.4 Å². The van der Waals surface area contributed by atoms with E-state index >= 15 is 0 Å². The lowest BCUT2D eigenvalue weighted by molar-refractivity contribution is -0.385. The summed E-state index contributed by atoms with van der Waals surface area (Å²) in [6, 6.07) is 2.94. The lowest BCUT2D eigenvalue weighted by atomic mass is 10.2. The molecule has 0 atom stereocenters. The van der Waals surface area contributed by atoms with Gasteiger partial charge in [-0.3, -0.25) is 14.9 Å². The van der Waals surface area contributed by atoms with Crippen LogP contribution in [-0.2, 0) is 0 Å². The van der Waals surface area contributed by atoms with E-state index in [-0.39, 0.29) is 11.3 Å². The van der Waals surface area contributed by atoms with E-state index in [1.54, 1.807) is 18.5 Å². The number of nitrogens with one attached hydrogen (secondary N) is 2. The third-order valence-electron chi connectivity index (χ3n) is 2.34. The van der Waals surface area contributed by atoms with Crippen LogP contribution in [0.5, 0.6) is 0 Å². The van der Waals surface area contributed by atoms with Crippen LogP contribution in [0.3, 0.4) is 0 Å². The van der Waals surface area contributed by atoms with Crippen LogP contribution in [0, 0.1) is 10.1 Å². The highest BCUT2D eigenvalue weighted by molar-refractivity contribution is 7.08. The van der Waals surface area contributed by atoms with Crippen molar-refractivity contribution < 1.29 is 9.72 Å². The quantitative estimate of drug-likeness (QED) is 0.661. The molecule has 2 aromatic rings. The van der Waals surface area contributed by atoms with Crippen LogP contribution in [0.25, 0.3) is 0 Å². The van der Waals surface area contributed by atoms with Gasteiger partial charge < -0.3 is 10.6 Å². The average Bonchev–Trinajstić information content (AvgIpc) is 2.90. The number of rotatable bonds is 4. The Morgan fingerprint density at radius 3 is 2.89 bits per heavy atom. The fraction of sp³-hybridized carbons (Fsp3) is 0.0909. The summed E-state index contributed by atoms with van der Waals surface area (Å²) >= 11 is 1.44. The minimum absolute atomic E-state index is 0.128. The van der Waals surface area contributed by atoms with Gasteiger partial charge >= 0.3 is 0 Å². The van der Waals surface area contributed by atoms with Crippen LogP contribution in [0.4, 0.5) is 17.2 Å². The Balaban J connectivity index is 2.33. The van der Waals surface area contributed by atoms with E-state index in [0.717, 1.165) is 6.20 Å². The summed E-state index contributed by atoms with van der Waals surface area (Å²) in [7, 11) is 1.59. The van der Waals surface area contributed by atoms with E-state index in [1.807, 2.05) is 5.38 Å². The monoisotopic (exact) mass is 278 g/mol. The summed E-state index contributed by atoms with van der Waals surface area (Å²) in [5.74, 6) is -0.155. The fourth-order valence-corrected chi connectivity index (χ4v) is 2.05. The number of hydrogen-bond donors (Lipinski definition) is 2. The molecule has 0 aliphatic rings. The van der Waals surface area contributed by atoms with Crippen LogP contribution < -0.4 is 10.6 Å². The van der Waals surface area contributed by atoms with Crippen LogP contribution in [0.2, 0.25) is 0 Å². The third-order valence-corrected chi connectivity index (χ3v) is 3.03. The Hall–Kier alpha value is -2.48. The fourth-order valence-electron chi connectivity index (χ4n) is 1.46. The molecule has 8 heteroatoms. The van der Waals surface area contributed by atoms with Gasteiger partial charge in [0.25, 0.3) is 11.6 Å². The van der Waals surface area contributed by atoms with Gasteiger partial charge in [-0.1, -0.05) is 0 Å². The van der Waals surface area contributed by atoms with Crippen LogP contribution >= 0.6 is 11.3 Å². The molecule has 0 fully saturated rings. The summed E-state index contributed by atoms with van der Waals surface area (Å²) in [5.41, 5.74) is 0.543. The highest BCUT2D eigenvalue weighted by Gasteiger charge is 2.17. The van der Waals surface area contributed by atoms with Crippen molar-refractivity contribution in [1.29, 1.82) is 0 Å². The first kappa shape index (κ1) is 13.0. The topological polar surface area (TPSA) is 97.2 Å². The Kier molecular flexibility index (Phi) is 3.71. The largest absolute Gasteiger partial charge is 0.372 e. The maximum Gasteiger partial charge on any atom is 0.288 e. The van der Waals surface area contributed by atoms with Gasteiger partial charge in [-0.25, -0.2) is 4.98 Å². The van der Waals surface area contributed by atoms with Gasteiger partial charge in [-0.15, -0.1) is 0 Å². The zero-order valence-electron chi connectivity index (χ0n) is 9.91. The number of carbonyl (C=O) groups is 1. The Labute approximate surface area is 112 Å². The second-order valence-corrected chi connectivity index (χ2v) is 4.34. The predicted molar refractivity (Wildman–Crippen MR) is 72.7 cm³/mol. The predicted octanol–water partition coefficient (Wildman–Crippen LogP) is 2.35. The normalized spacial score (nSPS) is 9.95. The second-order valence-electron chi connectivity index (χ2n) is 3.56. The Bertz CT molecular complexity index is 612. The molecule has 0 aromatic carbocycles. The van der Waals surface area contributed by atoms with Gasteiger partial charge in [-0.2, -0.15) is 11.3 Å². The first-order valence-electron chi connectivity index (χ1n) is 5.27. The van der Waals surface area contributed by atoms with Crippen LogP contribution in [0.1, 0.15) is 10.4 Å². The van der Waals surface area contributed by atoms with E-state index in [0.29, 0.717) is 11.5 Å². The van der Waals surface area contributed by atoms with Crippen molar-refractivity contribution in [2.24, 2.45) is 0 Å². The number of nitro groups is 1. The third kappa shape index (κ3) is 2.86. The molecular weight excluding hydrogens is 268 g/mol. The summed E-state index contributed by atoms with van der Waals surface area (Å²) in [5, 5.41) is 19.7. The molecule has 0 aliphatic carbocycles. The maximum absolute atomic E-state index is 12.1. The number of amides is 1. The molecule has 7 nitrogen and oxygen atoms in total. The molecule has 98 valence electrons. The first-order chi connectivity index (χ1) is 9.11. The zero-order valence-corrected chi connectivity index (χ0v) is 10.7. The molecule has 2 aromatic heterocycles. The van der Waals surface area contributed by atoms with Crippen molar-refractivity contribution in [3.8, 4) is 0 Å². The summed E-state index contributed by atoms with van der Waals surface area (Å²) in [6.07, 6.45) is 1.10. The maximum atomic E-state index is 12.1. The molecule has 19 heavy (non-hydrogen) atoms. The van der Waals surface area contributed by atoms with Crippen LogP contribution in [0.15, 0.2) is 29.1 Å². The SMILES string of the molecule is CNc1ncc([N+](=O)[O-])cc1C(=O)Nc1ccsc1. The van der Waals surface area contributed by atoms with E-state index in [1.165, 1.54) is 17.4 Å². The van der Waals surface area contributed by atoms with E-state index in [2.05, 4.69) is 15.6 Å². The molecule has 0 saturated heterocycles. The van der Waals surface area contributed by atoms with Gasteiger partial charge in [-0.05, 0) is 11.4 Å². The number of thiophene rings is 1. The standard InChI is InChI=1S/C11H10N4O3S/c1-12-10-9(4-8(5-13-10)15(17)18)11(16)14-7-2-3-19-6-7/h2-6H,1H3,(H,12,13)(H,14,16). The molecule has 2 N–H and O–H groups in total. The molecule has 0 radical (unpaired) electrons. The number of nitrogens with zero attached hydrogens (tertiary/aromatic N) is 2. The molecule has 2 rings (SSSR count). The number of aromatic nitrogens is 1. The van der Waals surface area contributed by atoms with Crippen molar-refractivity contribution in [2.75, 3.05) is 17.7 Å². The van der Waals surface area contributed by atoms with E-state index < -0.39 is 10.8 Å². The first-order valence-corrected chi connectivity index (χ1v) is 6.22. The van der Waals surface area contributed by atoms with Gasteiger partial charge in [0, 0.05) is 18.5 Å². The van der Waals surface area contributed by atoms with Gasteiger partial charge in [0.2, 0.25) is 0 Å². The number of anilines is 2. The lowest BCUT2D eigenvalue weighted by Gasteiger charge is -2.07. The molecule has 2 heterocycles. The lowest BCUT2D eigenvalue weighted by Crippen LogP contribution is -2.14. The van der Waals surface area contributed by atoms with Crippen molar-refractivity contribution in [2.45, 2.75) is 0 Å². The smallest absolute Gasteiger partial charge is 0.288 e. The second kappa shape index (κ2) is 5.44. The highest BCUT2D eigenvalue weighted by Crippen LogP contribution is 2.21. The average molecular weight is 278 g/mol. The van der Waals surface area contributed by atoms with Crippen molar-refractivity contribution in [3.63, 3.8) is 0 Å². The molecule has 0 bridgehead atoms. The molecule has 0 unspecified atom stereocenters. The van der Waals surface area contributed by atoms with E-state index in [9.17, 15) is 14.9 Å². The summed E-state index contributed by atoms with van der Waals surface area (Å²) in [4.78, 5) is 26.0. The van der Waals surface area contributed by atoms with Crippen LogP contribution in [-0.4, -0.2) is 22.9 Å². The van der Waals surface area contributed by atoms with E-state index in [4.69, 9.17) is 0 Å². The Morgan fingerprint density at radius 2 is 2.32 bits per heavy atom. The number of carbonyl (C=O) groups excluding carboxylic acids is 1. The van der Waals surface area contributed by atoms with Crippen molar-refractivity contribution in [1.82, 2.24) is 4.98 Å². The summed E-state index contributed by atoms with van der Waals surface area (Å²) < 4.78 is 0. The van der Waals surface area contributed by atoms with Gasteiger partial charge in [0.05, 0.1) is 16.2 Å². The van der Waals surface area contributed by atoms with Gasteiger partial charge in [0.1, 0.15) is 12.0 Å². The molecule has 1 amide bonds. The number of hydrogen-bond acceptors (Lipinski definition) is 6. The molecule has 0 aliphatic heterocycles. The molecule has 0 spiro atoms. The highest BCUT2D eigenvalue weighted by atomic mass is 32.1. The minimum Gasteiger partial charge on any atom is -0.372 e. The minimum atomic E-state index is -0.589. The van der Waals surface area contributed by atoms with Crippen molar-refractivity contribution in [3.05, 3.63) is 44.8 Å². The number of pyridine rings is 1.